The van der Waals surface area contributed by atoms with Crippen LogP contribution in [0.25, 0.3) is 0 Å². The Balaban J connectivity index is 0. The summed E-state index contributed by atoms with van der Waals surface area (Å²) < 4.78 is 16.2. The first kappa shape index (κ1) is 27.7. The van der Waals surface area contributed by atoms with Crippen LogP contribution >= 0.6 is 0 Å². The number of aliphatic hydroxyl groups is 2. The number of ether oxygens (including phenoxy) is 3. The van der Waals surface area contributed by atoms with Crippen LogP contribution in [0.3, 0.4) is 0 Å². The summed E-state index contributed by atoms with van der Waals surface area (Å²) in [5.74, 6) is -0.400. The fourth-order valence-electron chi connectivity index (χ4n) is 2.06. The summed E-state index contributed by atoms with van der Waals surface area (Å²) in [5, 5.41) is 21.9. The maximum Gasteiger partial charge on any atom is 0.246 e. The molecule has 9 heteroatoms. The van der Waals surface area contributed by atoms with Gasteiger partial charge in [0.25, 0.3) is 0 Å². The Hall–Kier alpha value is -1.52. The summed E-state index contributed by atoms with van der Waals surface area (Å²) in [6, 6.07) is -0.383. The third kappa shape index (κ3) is 14.2. The van der Waals surface area contributed by atoms with Crippen molar-refractivity contribution in [2.24, 2.45) is 0 Å². The predicted octanol–water partition coefficient (Wildman–Crippen LogP) is -0.0414. The zero-order valence-electron chi connectivity index (χ0n) is 17.1. The summed E-state index contributed by atoms with van der Waals surface area (Å²) >= 11 is 0. The van der Waals surface area contributed by atoms with Crippen LogP contribution < -0.4 is 10.6 Å². The largest absolute Gasteiger partial charge is 0.400 e. The molecule has 0 bridgehead atoms. The second-order valence-corrected chi connectivity index (χ2v) is 5.42. The van der Waals surface area contributed by atoms with Crippen LogP contribution in [0, 0.1) is 0 Å². The molecule has 160 valence electrons. The van der Waals surface area contributed by atoms with E-state index in [0.29, 0.717) is 31.8 Å². The van der Waals surface area contributed by atoms with E-state index in [-0.39, 0.29) is 31.1 Å². The monoisotopic (exact) mass is 392 g/mol. The number of carbonyl (C=O) groups is 2. The van der Waals surface area contributed by atoms with Crippen LogP contribution in [0.5, 0.6) is 0 Å². The molecule has 0 aromatic heterocycles. The molecule has 2 amide bonds. The Labute approximate surface area is 162 Å². The molecular formula is C18H36N2O7. The lowest BCUT2D eigenvalue weighted by molar-refractivity contribution is -0.206. The van der Waals surface area contributed by atoms with E-state index in [1.54, 1.807) is 6.92 Å². The SMILES string of the molecule is C=C(C)C(=O)NCCOCCO[C@@H]1OC[C@H](O)CC1NC(C)=O.CC.CO. The van der Waals surface area contributed by atoms with Gasteiger partial charge in [0.05, 0.1) is 38.6 Å². The smallest absolute Gasteiger partial charge is 0.246 e. The lowest BCUT2D eigenvalue weighted by atomic mass is 10.1. The van der Waals surface area contributed by atoms with Crippen molar-refractivity contribution in [3.05, 3.63) is 12.2 Å². The molecule has 1 heterocycles. The number of hydrogen-bond acceptors (Lipinski definition) is 7. The maximum atomic E-state index is 11.2. The molecule has 1 rings (SSSR count). The molecule has 0 spiro atoms. The molecule has 1 saturated heterocycles. The first-order valence-corrected chi connectivity index (χ1v) is 9.04. The standard InChI is InChI=1S/C15H26N2O6.C2H6.CH4O/c1-10(2)14(20)16-4-5-21-6-7-22-15-13(17-11(3)18)8-12(19)9-23-15;2*1-2/h12-13,15,19H,1,4-9H2,2-3H3,(H,16,20)(H,17,18);1-2H3;2H,1H3/t12-,13?,15-;;/m1../s1. The highest BCUT2D eigenvalue weighted by atomic mass is 16.7. The molecule has 1 fully saturated rings. The van der Waals surface area contributed by atoms with E-state index in [1.807, 2.05) is 13.8 Å². The first-order chi connectivity index (χ1) is 12.9. The highest BCUT2D eigenvalue weighted by Crippen LogP contribution is 2.15. The van der Waals surface area contributed by atoms with E-state index in [1.165, 1.54) is 6.92 Å². The molecule has 0 aliphatic carbocycles. The van der Waals surface area contributed by atoms with Gasteiger partial charge in [-0.15, -0.1) is 0 Å². The number of amides is 2. The Kier molecular flexibility index (Phi) is 18.3. The summed E-state index contributed by atoms with van der Waals surface area (Å²) in [7, 11) is 1.00. The van der Waals surface area contributed by atoms with Crippen molar-refractivity contribution in [3.8, 4) is 0 Å². The Bertz CT molecular complexity index is 419. The van der Waals surface area contributed by atoms with Gasteiger partial charge < -0.3 is 35.1 Å². The van der Waals surface area contributed by atoms with Gasteiger partial charge in [0.15, 0.2) is 6.29 Å². The van der Waals surface area contributed by atoms with Crippen molar-refractivity contribution in [1.82, 2.24) is 10.6 Å². The number of hydrogen-bond donors (Lipinski definition) is 4. The van der Waals surface area contributed by atoms with Gasteiger partial charge >= 0.3 is 0 Å². The minimum atomic E-state index is -0.611. The molecule has 1 unspecified atom stereocenters. The van der Waals surface area contributed by atoms with Crippen molar-refractivity contribution in [2.45, 2.75) is 52.6 Å². The zero-order valence-corrected chi connectivity index (χ0v) is 17.1. The highest BCUT2D eigenvalue weighted by Gasteiger charge is 2.31. The molecule has 9 nitrogen and oxygen atoms in total. The summed E-state index contributed by atoms with van der Waals surface area (Å²) in [5.41, 5.74) is 0.453. The van der Waals surface area contributed by atoms with Crippen LogP contribution in [0.2, 0.25) is 0 Å². The van der Waals surface area contributed by atoms with Gasteiger partial charge in [-0.1, -0.05) is 20.4 Å². The third-order valence-corrected chi connectivity index (χ3v) is 3.13. The van der Waals surface area contributed by atoms with Crippen LogP contribution in [0.4, 0.5) is 0 Å². The van der Waals surface area contributed by atoms with Crippen LogP contribution in [-0.2, 0) is 23.8 Å². The molecule has 1 aliphatic heterocycles. The molecule has 3 atom stereocenters. The fraction of sp³-hybridized carbons (Fsp3) is 0.778. The van der Waals surface area contributed by atoms with E-state index in [4.69, 9.17) is 19.3 Å². The van der Waals surface area contributed by atoms with Crippen molar-refractivity contribution in [2.75, 3.05) is 40.1 Å². The van der Waals surface area contributed by atoms with Gasteiger partial charge in [-0.2, -0.15) is 0 Å². The fourth-order valence-corrected chi connectivity index (χ4v) is 2.06. The molecule has 0 radical (unpaired) electrons. The molecule has 27 heavy (non-hydrogen) atoms. The number of nitrogens with one attached hydrogen (secondary N) is 2. The number of rotatable bonds is 9. The first-order valence-electron chi connectivity index (χ1n) is 9.04. The van der Waals surface area contributed by atoms with Gasteiger partial charge in [-0.25, -0.2) is 0 Å². The van der Waals surface area contributed by atoms with Crippen LogP contribution in [0.1, 0.15) is 34.1 Å². The van der Waals surface area contributed by atoms with E-state index >= 15 is 0 Å². The normalized spacial score (nSPS) is 20.9. The van der Waals surface area contributed by atoms with E-state index in [9.17, 15) is 14.7 Å². The summed E-state index contributed by atoms with van der Waals surface area (Å²) in [6.45, 7) is 12.1. The second-order valence-electron chi connectivity index (χ2n) is 5.42. The average Bonchev–Trinajstić information content (AvgIpc) is 2.65. The van der Waals surface area contributed by atoms with Gasteiger partial charge in [-0.05, 0) is 6.92 Å². The van der Waals surface area contributed by atoms with Crippen molar-refractivity contribution in [3.63, 3.8) is 0 Å². The maximum absolute atomic E-state index is 11.2. The lowest BCUT2D eigenvalue weighted by Gasteiger charge is -2.34. The van der Waals surface area contributed by atoms with Gasteiger partial charge in [0, 0.05) is 32.6 Å². The minimum absolute atomic E-state index is 0.175. The zero-order chi connectivity index (χ0) is 21.2. The Morgan fingerprint density at radius 1 is 1.19 bits per heavy atom. The molecule has 0 aromatic rings. The molecular weight excluding hydrogens is 356 g/mol. The third-order valence-electron chi connectivity index (χ3n) is 3.13. The number of carbonyl (C=O) groups excluding carboxylic acids is 2. The molecule has 0 aromatic carbocycles. The minimum Gasteiger partial charge on any atom is -0.400 e. The van der Waals surface area contributed by atoms with Gasteiger partial charge in [0.2, 0.25) is 11.8 Å². The Morgan fingerprint density at radius 3 is 2.37 bits per heavy atom. The topological polar surface area (TPSA) is 126 Å². The van der Waals surface area contributed by atoms with E-state index < -0.39 is 12.4 Å². The Morgan fingerprint density at radius 2 is 1.81 bits per heavy atom. The van der Waals surface area contributed by atoms with E-state index in [0.717, 1.165) is 7.11 Å². The van der Waals surface area contributed by atoms with Crippen molar-refractivity contribution in [1.29, 1.82) is 0 Å². The predicted molar refractivity (Wildman–Crippen MR) is 102 cm³/mol. The number of aliphatic hydroxyl groups excluding tert-OH is 2. The molecule has 0 saturated carbocycles. The van der Waals surface area contributed by atoms with Crippen molar-refractivity contribution >= 4 is 11.8 Å². The summed E-state index contributed by atoms with van der Waals surface area (Å²) in [6.07, 6.45) is -0.827. The van der Waals surface area contributed by atoms with Gasteiger partial charge in [-0.3, -0.25) is 9.59 Å². The van der Waals surface area contributed by atoms with Crippen molar-refractivity contribution < 1.29 is 34.0 Å². The van der Waals surface area contributed by atoms with Crippen LogP contribution in [0.15, 0.2) is 12.2 Å². The highest BCUT2D eigenvalue weighted by molar-refractivity contribution is 5.92. The van der Waals surface area contributed by atoms with Crippen LogP contribution in [-0.4, -0.2) is 80.5 Å². The van der Waals surface area contributed by atoms with Gasteiger partial charge in [0.1, 0.15) is 0 Å². The summed E-state index contributed by atoms with van der Waals surface area (Å²) in [4.78, 5) is 22.4. The average molecular weight is 392 g/mol. The molecule has 4 N–H and O–H groups in total. The second kappa shape index (κ2) is 17.9. The lowest BCUT2D eigenvalue weighted by Crippen LogP contribution is -2.51. The quantitative estimate of drug-likeness (QED) is 0.320. The molecule has 1 aliphatic rings. The van der Waals surface area contributed by atoms with E-state index in [2.05, 4.69) is 17.2 Å².